The molecule has 0 aliphatic carbocycles. The number of carbonyl (C=O) groups excluding carboxylic acids is 2. The Morgan fingerprint density at radius 1 is 1.11 bits per heavy atom. The summed E-state index contributed by atoms with van der Waals surface area (Å²) in [4.78, 5) is 34.8. The highest BCUT2D eigenvalue weighted by atomic mass is 16.5. The largest absolute Gasteiger partial charge is 0.495 e. The van der Waals surface area contributed by atoms with Crippen LogP contribution in [0.5, 0.6) is 11.5 Å². The first-order chi connectivity index (χ1) is 18.4. The van der Waals surface area contributed by atoms with Gasteiger partial charge in [-0.05, 0) is 50.7 Å². The molecule has 9 nitrogen and oxygen atoms in total. The van der Waals surface area contributed by atoms with Crippen LogP contribution in [-0.4, -0.2) is 76.3 Å². The van der Waals surface area contributed by atoms with Crippen molar-refractivity contribution in [1.29, 1.82) is 0 Å². The van der Waals surface area contributed by atoms with Gasteiger partial charge in [0.25, 0.3) is 5.91 Å². The molecular formula is C29H35N5O4. The number of likely N-dealkylation sites (tertiary alicyclic amines) is 2. The zero-order valence-corrected chi connectivity index (χ0v) is 22.6. The monoisotopic (exact) mass is 517 g/mol. The van der Waals surface area contributed by atoms with Gasteiger partial charge in [0.1, 0.15) is 17.1 Å². The highest BCUT2D eigenvalue weighted by Gasteiger charge is 2.43. The molecule has 38 heavy (non-hydrogen) atoms. The first-order valence-corrected chi connectivity index (χ1v) is 13.2. The number of aryl methyl sites for hydroxylation is 2. The van der Waals surface area contributed by atoms with E-state index in [0.717, 1.165) is 41.7 Å². The fourth-order valence-corrected chi connectivity index (χ4v) is 5.80. The topological polar surface area (TPSA) is 89.8 Å². The van der Waals surface area contributed by atoms with Crippen LogP contribution in [0.25, 0.3) is 17.1 Å². The van der Waals surface area contributed by atoms with E-state index in [1.807, 2.05) is 61.0 Å². The molecule has 0 atom stereocenters. The molecule has 2 aromatic heterocycles. The van der Waals surface area contributed by atoms with Crippen LogP contribution in [-0.2, 0) is 11.8 Å². The Morgan fingerprint density at radius 3 is 2.53 bits per heavy atom. The van der Waals surface area contributed by atoms with Crippen molar-refractivity contribution < 1.29 is 19.1 Å². The van der Waals surface area contributed by atoms with Gasteiger partial charge in [0.15, 0.2) is 5.65 Å². The third-order valence-corrected chi connectivity index (χ3v) is 7.90. The fourth-order valence-electron chi connectivity index (χ4n) is 5.80. The number of rotatable bonds is 6. The third-order valence-electron chi connectivity index (χ3n) is 7.90. The van der Waals surface area contributed by atoms with Gasteiger partial charge >= 0.3 is 0 Å². The summed E-state index contributed by atoms with van der Waals surface area (Å²) in [6, 6.07) is 7.72. The molecule has 1 aromatic carbocycles. The van der Waals surface area contributed by atoms with Crippen molar-refractivity contribution in [1.82, 2.24) is 24.6 Å². The number of hydrogen-bond acceptors (Lipinski definition) is 6. The Balaban J connectivity index is 1.23. The summed E-state index contributed by atoms with van der Waals surface area (Å²) in [5.74, 6) is 1.25. The summed E-state index contributed by atoms with van der Waals surface area (Å²) in [5, 5.41) is 5.21. The summed E-state index contributed by atoms with van der Waals surface area (Å²) in [6.07, 6.45) is 7.76. The van der Waals surface area contributed by atoms with Crippen LogP contribution in [0.4, 0.5) is 0 Å². The number of para-hydroxylation sites is 1. The Kier molecular flexibility index (Phi) is 7.10. The number of nitrogens with zero attached hydrogens (tertiary/aromatic N) is 5. The lowest BCUT2D eigenvalue weighted by atomic mass is 9.77. The lowest BCUT2D eigenvalue weighted by Gasteiger charge is -2.39. The molecule has 1 spiro atoms. The second-order valence-corrected chi connectivity index (χ2v) is 10.2. The maximum absolute atomic E-state index is 13.6. The SMILES string of the molecule is CCOc1ccccc1/C=C/C(=O)N1CCC2(CC1)CCN(C(=O)c1cnc3c(c(C)nn3C)c1OC)C2. The average molecular weight is 518 g/mol. The molecule has 0 saturated carbocycles. The molecule has 0 bridgehead atoms. The summed E-state index contributed by atoms with van der Waals surface area (Å²) >= 11 is 0. The Labute approximate surface area is 223 Å². The number of methoxy groups -OCH3 is 1. The minimum Gasteiger partial charge on any atom is -0.495 e. The van der Waals surface area contributed by atoms with Crippen LogP contribution in [0.2, 0.25) is 0 Å². The normalized spacial score (nSPS) is 17.1. The molecule has 2 aliphatic rings. The zero-order chi connectivity index (χ0) is 26.9. The lowest BCUT2D eigenvalue weighted by molar-refractivity contribution is -0.128. The number of pyridine rings is 1. The van der Waals surface area contributed by atoms with Crippen molar-refractivity contribution in [2.45, 2.75) is 33.1 Å². The lowest BCUT2D eigenvalue weighted by Crippen LogP contribution is -2.44. The highest BCUT2D eigenvalue weighted by molar-refractivity contribution is 6.02. The first-order valence-electron chi connectivity index (χ1n) is 13.2. The van der Waals surface area contributed by atoms with Crippen LogP contribution in [0.1, 0.15) is 47.8 Å². The van der Waals surface area contributed by atoms with Gasteiger partial charge in [-0.15, -0.1) is 0 Å². The standard InChI is InChI=1S/C29H35N5O4/c1-5-38-23-9-7-6-8-21(23)10-11-24(35)33-15-12-29(13-16-33)14-17-34(19-29)28(36)22-18-30-27-25(26(22)37-4)20(2)31-32(27)3/h6-11,18H,5,12-17,19H2,1-4H3/b11-10+. The van der Waals surface area contributed by atoms with E-state index in [9.17, 15) is 9.59 Å². The van der Waals surface area contributed by atoms with Gasteiger partial charge in [0.2, 0.25) is 5.91 Å². The molecule has 2 saturated heterocycles. The van der Waals surface area contributed by atoms with Crippen molar-refractivity contribution >= 4 is 28.9 Å². The van der Waals surface area contributed by atoms with Gasteiger partial charge in [-0.25, -0.2) is 4.98 Å². The number of ether oxygens (including phenoxy) is 2. The summed E-state index contributed by atoms with van der Waals surface area (Å²) in [6.45, 7) is 7.16. The van der Waals surface area contributed by atoms with Crippen LogP contribution in [0, 0.1) is 12.3 Å². The number of amides is 2. The molecule has 2 amide bonds. The Morgan fingerprint density at radius 2 is 1.82 bits per heavy atom. The minimum absolute atomic E-state index is 0.00744. The number of hydrogen-bond donors (Lipinski definition) is 0. The molecule has 0 N–H and O–H groups in total. The van der Waals surface area contributed by atoms with Crippen LogP contribution in [0.15, 0.2) is 36.5 Å². The predicted molar refractivity (Wildman–Crippen MR) is 145 cm³/mol. The zero-order valence-electron chi connectivity index (χ0n) is 22.6. The van der Waals surface area contributed by atoms with E-state index in [1.54, 1.807) is 24.1 Å². The highest BCUT2D eigenvalue weighted by Crippen LogP contribution is 2.42. The quantitative estimate of drug-likeness (QED) is 0.462. The van der Waals surface area contributed by atoms with E-state index in [0.29, 0.717) is 49.7 Å². The van der Waals surface area contributed by atoms with Crippen molar-refractivity contribution in [3.05, 3.63) is 53.4 Å². The summed E-state index contributed by atoms with van der Waals surface area (Å²) in [7, 11) is 3.42. The predicted octanol–water partition coefficient (Wildman–Crippen LogP) is 3.85. The third kappa shape index (κ3) is 4.73. The molecule has 0 unspecified atom stereocenters. The van der Waals surface area contributed by atoms with Gasteiger partial charge in [-0.3, -0.25) is 14.3 Å². The smallest absolute Gasteiger partial charge is 0.259 e. The van der Waals surface area contributed by atoms with Crippen molar-refractivity contribution in [2.24, 2.45) is 12.5 Å². The number of aromatic nitrogens is 3. The van der Waals surface area contributed by atoms with E-state index >= 15 is 0 Å². The second-order valence-electron chi connectivity index (χ2n) is 10.2. The Hall–Kier alpha value is -3.88. The first kappa shape index (κ1) is 25.8. The van der Waals surface area contributed by atoms with Crippen molar-refractivity contribution in [3.8, 4) is 11.5 Å². The van der Waals surface area contributed by atoms with E-state index in [4.69, 9.17) is 9.47 Å². The van der Waals surface area contributed by atoms with Crippen molar-refractivity contribution in [3.63, 3.8) is 0 Å². The number of piperidine rings is 1. The molecule has 5 rings (SSSR count). The Bertz CT molecular complexity index is 1390. The number of benzene rings is 1. The van der Waals surface area contributed by atoms with Gasteiger partial charge in [0, 0.05) is 51.1 Å². The number of carbonyl (C=O) groups is 2. The van der Waals surface area contributed by atoms with Gasteiger partial charge in [0.05, 0.1) is 24.8 Å². The summed E-state index contributed by atoms with van der Waals surface area (Å²) in [5.41, 5.74) is 2.88. The molecular weight excluding hydrogens is 482 g/mol. The minimum atomic E-state index is -0.0641. The van der Waals surface area contributed by atoms with Gasteiger partial charge < -0.3 is 19.3 Å². The maximum atomic E-state index is 13.6. The van der Waals surface area contributed by atoms with E-state index in [-0.39, 0.29) is 17.2 Å². The van der Waals surface area contributed by atoms with Crippen LogP contribution >= 0.6 is 0 Å². The fraction of sp³-hybridized carbons (Fsp3) is 0.448. The van der Waals surface area contributed by atoms with Crippen molar-refractivity contribution in [2.75, 3.05) is 39.9 Å². The molecule has 2 aliphatic heterocycles. The number of fused-ring (bicyclic) bond motifs is 1. The molecule has 3 aromatic rings. The molecule has 4 heterocycles. The average Bonchev–Trinajstić information content (AvgIpc) is 3.47. The van der Waals surface area contributed by atoms with E-state index in [2.05, 4.69) is 10.1 Å². The summed E-state index contributed by atoms with van der Waals surface area (Å²) < 4.78 is 13.0. The van der Waals surface area contributed by atoms with Gasteiger partial charge in [-0.2, -0.15) is 5.10 Å². The molecule has 200 valence electrons. The molecule has 0 radical (unpaired) electrons. The maximum Gasteiger partial charge on any atom is 0.259 e. The molecule has 9 heteroatoms. The van der Waals surface area contributed by atoms with Crippen LogP contribution < -0.4 is 9.47 Å². The van der Waals surface area contributed by atoms with E-state index < -0.39 is 0 Å². The second kappa shape index (κ2) is 10.5. The molecule has 2 fully saturated rings. The van der Waals surface area contributed by atoms with Gasteiger partial charge in [-0.1, -0.05) is 18.2 Å². The van der Waals surface area contributed by atoms with Crippen LogP contribution in [0.3, 0.4) is 0 Å². The van der Waals surface area contributed by atoms with E-state index in [1.165, 1.54) is 0 Å².